The van der Waals surface area contributed by atoms with E-state index in [2.05, 4.69) is 5.32 Å². The van der Waals surface area contributed by atoms with E-state index in [1.54, 1.807) is 12.1 Å². The maximum Gasteiger partial charge on any atom is 0.255 e. The van der Waals surface area contributed by atoms with Crippen molar-refractivity contribution < 1.29 is 9.90 Å². The average molecular weight is 290 g/mol. The summed E-state index contributed by atoms with van der Waals surface area (Å²) in [5.74, 6) is 0.577. The van der Waals surface area contributed by atoms with Gasteiger partial charge < -0.3 is 10.4 Å². The van der Waals surface area contributed by atoms with Gasteiger partial charge in [-0.1, -0.05) is 12.1 Å². The maximum absolute atomic E-state index is 12.0. The molecule has 3 nitrogen and oxygen atoms in total. The minimum absolute atomic E-state index is 0.143. The number of hydrogen-bond donors (Lipinski definition) is 2. The van der Waals surface area contributed by atoms with E-state index >= 15 is 0 Å². The number of hydrogen-bond acceptors (Lipinski definition) is 2. The van der Waals surface area contributed by atoms with Crippen molar-refractivity contribution in [2.45, 2.75) is 12.8 Å². The molecule has 0 heterocycles. The lowest BCUT2D eigenvalue weighted by molar-refractivity contribution is 0.102. The Morgan fingerprint density at radius 1 is 1.15 bits per heavy atom. The van der Waals surface area contributed by atoms with Crippen molar-refractivity contribution in [1.29, 1.82) is 0 Å². The van der Waals surface area contributed by atoms with E-state index in [9.17, 15) is 9.90 Å². The number of benzene rings is 2. The van der Waals surface area contributed by atoms with Gasteiger partial charge >= 0.3 is 0 Å². The number of aryl methyl sites for hydroxylation is 1. The zero-order valence-electron chi connectivity index (χ0n) is 11.0. The molecule has 0 saturated heterocycles. The van der Waals surface area contributed by atoms with Gasteiger partial charge in [0.05, 0.1) is 0 Å². The van der Waals surface area contributed by atoms with E-state index in [0.717, 1.165) is 24.1 Å². The number of nitrogens with one attached hydrogen (secondary N) is 1. The standard InChI is InChI=1S/C16H16ClNO2/c17-10-2-4-12-3-1-5-14(11-12)18-16(20)13-6-8-15(19)9-7-13/h1,3,5-9,11,19H,2,4,10H2,(H,18,20). The Hall–Kier alpha value is -2.00. The molecule has 2 aromatic carbocycles. The molecule has 0 aliphatic carbocycles. The quantitative estimate of drug-likeness (QED) is 0.822. The third kappa shape index (κ3) is 4.00. The number of amides is 1. The van der Waals surface area contributed by atoms with Gasteiger partial charge in [-0.15, -0.1) is 11.6 Å². The van der Waals surface area contributed by atoms with Crippen LogP contribution in [0, 0.1) is 0 Å². The largest absolute Gasteiger partial charge is 0.508 e. The lowest BCUT2D eigenvalue weighted by atomic mass is 10.1. The molecule has 0 aliphatic heterocycles. The summed E-state index contributed by atoms with van der Waals surface area (Å²) in [5.41, 5.74) is 2.42. The first-order chi connectivity index (χ1) is 9.69. The number of carbonyl (C=O) groups is 1. The molecule has 0 fully saturated rings. The van der Waals surface area contributed by atoms with Crippen LogP contribution in [0.2, 0.25) is 0 Å². The van der Waals surface area contributed by atoms with Crippen LogP contribution in [0.25, 0.3) is 0 Å². The topological polar surface area (TPSA) is 49.3 Å². The van der Waals surface area contributed by atoms with Crippen LogP contribution < -0.4 is 5.32 Å². The lowest BCUT2D eigenvalue weighted by Gasteiger charge is -2.07. The van der Waals surface area contributed by atoms with E-state index < -0.39 is 0 Å². The predicted molar refractivity (Wildman–Crippen MR) is 81.5 cm³/mol. The molecule has 0 saturated carbocycles. The molecule has 0 unspecified atom stereocenters. The summed E-state index contributed by atoms with van der Waals surface area (Å²) in [7, 11) is 0. The van der Waals surface area contributed by atoms with Crippen molar-refractivity contribution in [1.82, 2.24) is 0 Å². The van der Waals surface area contributed by atoms with Gasteiger partial charge in [-0.25, -0.2) is 0 Å². The third-order valence-corrected chi connectivity index (χ3v) is 3.18. The van der Waals surface area contributed by atoms with Crippen LogP contribution >= 0.6 is 11.6 Å². The highest BCUT2D eigenvalue weighted by atomic mass is 35.5. The fourth-order valence-electron chi connectivity index (χ4n) is 1.89. The van der Waals surface area contributed by atoms with E-state index in [0.29, 0.717) is 11.4 Å². The van der Waals surface area contributed by atoms with E-state index in [1.165, 1.54) is 12.1 Å². The summed E-state index contributed by atoms with van der Waals surface area (Å²) < 4.78 is 0. The van der Waals surface area contributed by atoms with Crippen LogP contribution in [-0.4, -0.2) is 16.9 Å². The number of alkyl halides is 1. The Balaban J connectivity index is 2.05. The second-order valence-electron chi connectivity index (χ2n) is 4.49. The maximum atomic E-state index is 12.0. The first kappa shape index (κ1) is 14.4. The summed E-state index contributed by atoms with van der Waals surface area (Å²) in [6, 6.07) is 13.9. The van der Waals surface area contributed by atoms with E-state index in [-0.39, 0.29) is 11.7 Å². The molecular weight excluding hydrogens is 274 g/mol. The molecule has 4 heteroatoms. The zero-order valence-corrected chi connectivity index (χ0v) is 11.7. The zero-order chi connectivity index (χ0) is 14.4. The molecular formula is C16H16ClNO2. The Morgan fingerprint density at radius 3 is 2.60 bits per heavy atom. The molecule has 20 heavy (non-hydrogen) atoms. The van der Waals surface area contributed by atoms with Crippen LogP contribution in [-0.2, 0) is 6.42 Å². The number of aromatic hydroxyl groups is 1. The Kier molecular flexibility index (Phi) is 5.02. The Morgan fingerprint density at radius 2 is 1.90 bits per heavy atom. The predicted octanol–water partition coefficient (Wildman–Crippen LogP) is 3.82. The normalized spacial score (nSPS) is 10.2. The number of carbonyl (C=O) groups excluding carboxylic acids is 1. The summed E-state index contributed by atoms with van der Waals surface area (Å²) in [6.07, 6.45) is 1.81. The molecule has 1 amide bonds. The van der Waals surface area contributed by atoms with Crippen LogP contribution in [0.4, 0.5) is 5.69 Å². The molecule has 2 rings (SSSR count). The molecule has 2 N–H and O–H groups in total. The SMILES string of the molecule is O=C(Nc1cccc(CCCCl)c1)c1ccc(O)cc1. The molecule has 0 aromatic heterocycles. The molecule has 0 atom stereocenters. The highest BCUT2D eigenvalue weighted by molar-refractivity contribution is 6.17. The van der Waals surface area contributed by atoms with Gasteiger partial charge in [-0.05, 0) is 54.8 Å². The minimum Gasteiger partial charge on any atom is -0.508 e. The minimum atomic E-state index is -0.195. The van der Waals surface area contributed by atoms with Crippen molar-refractivity contribution in [3.05, 3.63) is 59.7 Å². The molecule has 0 spiro atoms. The molecule has 0 radical (unpaired) electrons. The first-order valence-electron chi connectivity index (χ1n) is 6.44. The highest BCUT2D eigenvalue weighted by Crippen LogP contribution is 2.15. The van der Waals surface area contributed by atoms with Gasteiger partial charge in [0.25, 0.3) is 5.91 Å². The summed E-state index contributed by atoms with van der Waals surface area (Å²) in [4.78, 5) is 12.0. The third-order valence-electron chi connectivity index (χ3n) is 2.91. The van der Waals surface area contributed by atoms with Crippen molar-refractivity contribution in [2.75, 3.05) is 11.2 Å². The van der Waals surface area contributed by atoms with Crippen LogP contribution in [0.1, 0.15) is 22.3 Å². The van der Waals surface area contributed by atoms with Gasteiger partial charge in [0.2, 0.25) is 0 Å². The monoisotopic (exact) mass is 289 g/mol. The van der Waals surface area contributed by atoms with Crippen molar-refractivity contribution in [3.8, 4) is 5.75 Å². The Labute approximate surface area is 123 Å². The Bertz CT molecular complexity index is 581. The van der Waals surface area contributed by atoms with Crippen LogP contribution in [0.5, 0.6) is 5.75 Å². The number of halogens is 1. The second-order valence-corrected chi connectivity index (χ2v) is 4.87. The fourth-order valence-corrected chi connectivity index (χ4v) is 2.03. The van der Waals surface area contributed by atoms with Gasteiger partial charge in [0, 0.05) is 17.1 Å². The first-order valence-corrected chi connectivity index (χ1v) is 6.98. The van der Waals surface area contributed by atoms with Gasteiger partial charge in [0.1, 0.15) is 5.75 Å². The van der Waals surface area contributed by atoms with Gasteiger partial charge in [0.15, 0.2) is 0 Å². The summed E-state index contributed by atoms with van der Waals surface area (Å²) >= 11 is 5.68. The number of phenolic OH excluding ortho intramolecular Hbond substituents is 1. The lowest BCUT2D eigenvalue weighted by Crippen LogP contribution is -2.11. The summed E-state index contributed by atoms with van der Waals surface area (Å²) in [5, 5.41) is 12.0. The molecule has 0 aliphatic rings. The second kappa shape index (κ2) is 6.96. The van der Waals surface area contributed by atoms with E-state index in [4.69, 9.17) is 11.6 Å². The number of phenols is 1. The van der Waals surface area contributed by atoms with Crippen LogP contribution in [0.3, 0.4) is 0 Å². The van der Waals surface area contributed by atoms with E-state index in [1.807, 2.05) is 24.3 Å². The van der Waals surface area contributed by atoms with Crippen molar-refractivity contribution in [2.24, 2.45) is 0 Å². The molecule has 104 valence electrons. The fraction of sp³-hybridized carbons (Fsp3) is 0.188. The number of rotatable bonds is 5. The smallest absolute Gasteiger partial charge is 0.255 e. The van der Waals surface area contributed by atoms with Gasteiger partial charge in [-0.3, -0.25) is 4.79 Å². The molecule has 0 bridgehead atoms. The summed E-state index contributed by atoms with van der Waals surface area (Å²) in [6.45, 7) is 0. The number of anilines is 1. The van der Waals surface area contributed by atoms with Gasteiger partial charge in [-0.2, -0.15) is 0 Å². The average Bonchev–Trinajstić information content (AvgIpc) is 2.46. The van der Waals surface area contributed by atoms with Crippen LogP contribution in [0.15, 0.2) is 48.5 Å². The van der Waals surface area contributed by atoms with Crippen molar-refractivity contribution in [3.63, 3.8) is 0 Å². The molecule has 2 aromatic rings. The van der Waals surface area contributed by atoms with Crippen molar-refractivity contribution >= 4 is 23.2 Å². The highest BCUT2D eigenvalue weighted by Gasteiger charge is 2.06.